The summed E-state index contributed by atoms with van der Waals surface area (Å²) in [6.45, 7) is 2.22. The molecular formula is C12H17N3O. The molecule has 1 aliphatic rings. The summed E-state index contributed by atoms with van der Waals surface area (Å²) in [7, 11) is 0. The number of carbonyl (C=O) groups is 1. The molecule has 1 amide bonds. The van der Waals surface area contributed by atoms with Crippen LogP contribution in [-0.4, -0.2) is 16.9 Å². The molecule has 16 heavy (non-hydrogen) atoms. The molecule has 0 saturated heterocycles. The van der Waals surface area contributed by atoms with E-state index in [-0.39, 0.29) is 5.91 Å². The molecule has 1 aromatic heterocycles. The topological polar surface area (TPSA) is 68.0 Å². The van der Waals surface area contributed by atoms with Crippen molar-refractivity contribution in [3.63, 3.8) is 0 Å². The van der Waals surface area contributed by atoms with E-state index in [1.165, 1.54) is 12.6 Å². The fraction of sp³-hybridized carbons (Fsp3) is 0.500. The van der Waals surface area contributed by atoms with E-state index in [4.69, 9.17) is 5.73 Å². The van der Waals surface area contributed by atoms with Gasteiger partial charge in [0, 0.05) is 12.2 Å². The van der Waals surface area contributed by atoms with Crippen molar-refractivity contribution in [2.75, 3.05) is 5.73 Å². The summed E-state index contributed by atoms with van der Waals surface area (Å²) < 4.78 is 0. The molecule has 2 rings (SSSR count). The van der Waals surface area contributed by atoms with E-state index in [0.29, 0.717) is 17.4 Å². The molecule has 1 aliphatic carbocycles. The van der Waals surface area contributed by atoms with Crippen LogP contribution in [0.15, 0.2) is 18.3 Å². The highest BCUT2D eigenvalue weighted by Gasteiger charge is 2.22. The van der Waals surface area contributed by atoms with Gasteiger partial charge in [-0.15, -0.1) is 0 Å². The van der Waals surface area contributed by atoms with E-state index in [0.717, 1.165) is 18.8 Å². The van der Waals surface area contributed by atoms with Gasteiger partial charge >= 0.3 is 0 Å². The lowest BCUT2D eigenvalue weighted by atomic mass is 10.1. The predicted molar refractivity (Wildman–Crippen MR) is 62.9 cm³/mol. The normalized spacial score (nSPS) is 24.3. The first-order valence-corrected chi connectivity index (χ1v) is 5.67. The molecule has 86 valence electrons. The molecule has 0 aliphatic heterocycles. The minimum Gasteiger partial charge on any atom is -0.384 e. The van der Waals surface area contributed by atoms with Gasteiger partial charge in [-0.1, -0.05) is 6.92 Å². The lowest BCUT2D eigenvalue weighted by Gasteiger charge is -2.12. The van der Waals surface area contributed by atoms with Crippen molar-refractivity contribution in [1.82, 2.24) is 10.3 Å². The van der Waals surface area contributed by atoms with Crippen molar-refractivity contribution in [1.29, 1.82) is 0 Å². The van der Waals surface area contributed by atoms with E-state index in [9.17, 15) is 4.79 Å². The van der Waals surface area contributed by atoms with Crippen molar-refractivity contribution in [3.05, 3.63) is 23.9 Å². The predicted octanol–water partition coefficient (Wildman–Crippen LogP) is 1.58. The zero-order valence-corrected chi connectivity index (χ0v) is 9.44. The fourth-order valence-corrected chi connectivity index (χ4v) is 2.15. The summed E-state index contributed by atoms with van der Waals surface area (Å²) in [5, 5.41) is 3.03. The third kappa shape index (κ3) is 2.51. The third-order valence-corrected chi connectivity index (χ3v) is 3.08. The number of nitrogens with one attached hydrogen (secondary N) is 1. The number of amides is 1. The Morgan fingerprint density at radius 2 is 2.31 bits per heavy atom. The average Bonchev–Trinajstić information content (AvgIpc) is 2.65. The van der Waals surface area contributed by atoms with Gasteiger partial charge in [0.15, 0.2) is 0 Å². The molecular weight excluding hydrogens is 202 g/mol. The van der Waals surface area contributed by atoms with Crippen LogP contribution >= 0.6 is 0 Å². The summed E-state index contributed by atoms with van der Waals surface area (Å²) in [4.78, 5) is 15.7. The van der Waals surface area contributed by atoms with Gasteiger partial charge in [0.25, 0.3) is 5.91 Å². The van der Waals surface area contributed by atoms with Crippen molar-refractivity contribution in [2.45, 2.75) is 32.2 Å². The maximum absolute atomic E-state index is 11.8. The first-order valence-electron chi connectivity index (χ1n) is 5.67. The van der Waals surface area contributed by atoms with Crippen molar-refractivity contribution in [2.24, 2.45) is 5.92 Å². The van der Waals surface area contributed by atoms with Crippen LogP contribution in [0.1, 0.15) is 36.5 Å². The Morgan fingerprint density at radius 3 is 2.88 bits per heavy atom. The Kier molecular flexibility index (Phi) is 3.08. The number of hydrogen-bond donors (Lipinski definition) is 2. The van der Waals surface area contributed by atoms with Gasteiger partial charge in [-0.2, -0.15) is 0 Å². The number of aromatic nitrogens is 1. The van der Waals surface area contributed by atoms with Crippen molar-refractivity contribution in [3.8, 4) is 0 Å². The number of hydrogen-bond acceptors (Lipinski definition) is 3. The summed E-state index contributed by atoms with van der Waals surface area (Å²) >= 11 is 0. The second kappa shape index (κ2) is 4.51. The number of nitrogens with two attached hydrogens (primary N) is 1. The van der Waals surface area contributed by atoms with Gasteiger partial charge in [0.2, 0.25) is 0 Å². The van der Waals surface area contributed by atoms with E-state index < -0.39 is 0 Å². The Labute approximate surface area is 95.3 Å². The van der Waals surface area contributed by atoms with Gasteiger partial charge in [-0.05, 0) is 37.3 Å². The first kappa shape index (κ1) is 10.9. The number of rotatable bonds is 2. The van der Waals surface area contributed by atoms with Crippen LogP contribution in [0.2, 0.25) is 0 Å². The number of carbonyl (C=O) groups excluding carboxylic acids is 1. The number of anilines is 1. The van der Waals surface area contributed by atoms with Gasteiger partial charge in [-0.3, -0.25) is 4.79 Å². The SMILES string of the molecule is CC1CCC(NC(=O)c2ccc(N)nc2)C1. The van der Waals surface area contributed by atoms with Crippen LogP contribution in [0.4, 0.5) is 5.82 Å². The smallest absolute Gasteiger partial charge is 0.253 e. The van der Waals surface area contributed by atoms with Gasteiger partial charge in [0.1, 0.15) is 5.82 Å². The highest BCUT2D eigenvalue weighted by molar-refractivity contribution is 5.94. The molecule has 0 radical (unpaired) electrons. The standard InChI is InChI=1S/C12H17N3O/c1-8-2-4-10(6-8)15-12(16)9-3-5-11(13)14-7-9/h3,5,7-8,10H,2,4,6H2,1H3,(H2,13,14)(H,15,16). The summed E-state index contributed by atoms with van der Waals surface area (Å²) in [5.74, 6) is 1.10. The van der Waals surface area contributed by atoms with Crippen LogP contribution in [-0.2, 0) is 0 Å². The first-order chi connectivity index (χ1) is 7.65. The Bertz CT molecular complexity index is 374. The Morgan fingerprint density at radius 1 is 1.50 bits per heavy atom. The average molecular weight is 219 g/mol. The highest BCUT2D eigenvalue weighted by atomic mass is 16.1. The maximum atomic E-state index is 11.8. The molecule has 1 aromatic rings. The number of nitrogen functional groups attached to an aromatic ring is 1. The van der Waals surface area contributed by atoms with Crippen molar-refractivity contribution < 1.29 is 4.79 Å². The lowest BCUT2D eigenvalue weighted by molar-refractivity contribution is 0.0937. The molecule has 3 N–H and O–H groups in total. The number of nitrogens with zero attached hydrogens (tertiary/aromatic N) is 1. The molecule has 1 saturated carbocycles. The monoisotopic (exact) mass is 219 g/mol. The minimum absolute atomic E-state index is 0.0494. The van der Waals surface area contributed by atoms with E-state index in [1.54, 1.807) is 12.1 Å². The van der Waals surface area contributed by atoms with Gasteiger partial charge < -0.3 is 11.1 Å². The summed E-state index contributed by atoms with van der Waals surface area (Å²) in [5.41, 5.74) is 6.04. The molecule has 2 atom stereocenters. The second-order valence-corrected chi connectivity index (χ2v) is 4.56. The largest absolute Gasteiger partial charge is 0.384 e. The summed E-state index contributed by atoms with van der Waals surface area (Å²) in [6.07, 6.45) is 4.87. The molecule has 4 heteroatoms. The Balaban J connectivity index is 1.95. The van der Waals surface area contributed by atoms with Crippen molar-refractivity contribution >= 4 is 11.7 Å². The zero-order valence-electron chi connectivity index (χ0n) is 9.44. The minimum atomic E-state index is -0.0494. The molecule has 0 bridgehead atoms. The molecule has 4 nitrogen and oxygen atoms in total. The molecule has 1 heterocycles. The quantitative estimate of drug-likeness (QED) is 0.793. The van der Waals surface area contributed by atoms with Crippen LogP contribution in [0, 0.1) is 5.92 Å². The van der Waals surface area contributed by atoms with E-state index >= 15 is 0 Å². The van der Waals surface area contributed by atoms with Crippen LogP contribution in [0.5, 0.6) is 0 Å². The van der Waals surface area contributed by atoms with Crippen LogP contribution in [0.25, 0.3) is 0 Å². The lowest BCUT2D eigenvalue weighted by Crippen LogP contribution is -2.32. The van der Waals surface area contributed by atoms with Crippen LogP contribution in [0.3, 0.4) is 0 Å². The van der Waals surface area contributed by atoms with E-state index in [1.807, 2.05) is 0 Å². The van der Waals surface area contributed by atoms with Crippen LogP contribution < -0.4 is 11.1 Å². The Hall–Kier alpha value is -1.58. The molecule has 0 aromatic carbocycles. The fourth-order valence-electron chi connectivity index (χ4n) is 2.15. The second-order valence-electron chi connectivity index (χ2n) is 4.56. The molecule has 1 fully saturated rings. The molecule has 2 unspecified atom stereocenters. The number of pyridine rings is 1. The summed E-state index contributed by atoms with van der Waals surface area (Å²) in [6, 6.07) is 3.67. The van der Waals surface area contributed by atoms with Gasteiger partial charge in [0.05, 0.1) is 5.56 Å². The zero-order chi connectivity index (χ0) is 11.5. The maximum Gasteiger partial charge on any atom is 0.253 e. The van der Waals surface area contributed by atoms with E-state index in [2.05, 4.69) is 17.2 Å². The third-order valence-electron chi connectivity index (χ3n) is 3.08. The highest BCUT2D eigenvalue weighted by Crippen LogP contribution is 2.24. The molecule has 0 spiro atoms. The van der Waals surface area contributed by atoms with Gasteiger partial charge in [-0.25, -0.2) is 4.98 Å².